The van der Waals surface area contributed by atoms with E-state index < -0.39 is 5.91 Å². The maximum absolute atomic E-state index is 13.2. The molecule has 0 spiro atoms. The number of aromatic nitrogens is 4. The van der Waals surface area contributed by atoms with Gasteiger partial charge in [0.05, 0.1) is 29.9 Å². The molecule has 3 aromatic carbocycles. The molecule has 1 amide bonds. The molecule has 0 saturated carbocycles. The molecule has 196 valence electrons. The molecule has 5 aromatic rings. The summed E-state index contributed by atoms with van der Waals surface area (Å²) in [5.74, 6) is -0.183. The highest BCUT2D eigenvalue weighted by atomic mass is 16.5. The summed E-state index contributed by atoms with van der Waals surface area (Å²) in [7, 11) is 3.41. The van der Waals surface area contributed by atoms with Crippen molar-refractivity contribution in [1.29, 1.82) is 0 Å². The highest BCUT2D eigenvalue weighted by molar-refractivity contribution is 6.05. The standard InChI is InChI=1S/C30H28N6O3/c1-19-26(30(38)36(35(19)2)24-10-5-4-6-11-24)29(37)33-23-14-12-21(13-15-23)27-28(31)32-17-25(34-27)22-9-7-8-20(16-22)18-39-3/h4-17H,18H2,1-3H3,(H2,31,32)(H,33,37). The number of nitrogens with zero attached hydrogens (tertiary/aromatic N) is 4. The largest absolute Gasteiger partial charge is 0.382 e. The quantitative estimate of drug-likeness (QED) is 0.324. The summed E-state index contributed by atoms with van der Waals surface area (Å²) in [5.41, 5.74) is 11.5. The van der Waals surface area contributed by atoms with Crippen molar-refractivity contribution in [2.24, 2.45) is 7.05 Å². The number of nitrogens with one attached hydrogen (secondary N) is 1. The van der Waals surface area contributed by atoms with Gasteiger partial charge in [-0.15, -0.1) is 0 Å². The Hall–Kier alpha value is -5.02. The third kappa shape index (κ3) is 5.07. The number of methoxy groups -OCH3 is 1. The van der Waals surface area contributed by atoms with Crippen molar-refractivity contribution in [2.75, 3.05) is 18.2 Å². The number of para-hydroxylation sites is 1. The zero-order valence-electron chi connectivity index (χ0n) is 21.9. The van der Waals surface area contributed by atoms with Gasteiger partial charge in [0.1, 0.15) is 17.1 Å². The van der Waals surface area contributed by atoms with Crippen LogP contribution in [0.2, 0.25) is 0 Å². The van der Waals surface area contributed by atoms with E-state index in [1.54, 1.807) is 56.2 Å². The highest BCUT2D eigenvalue weighted by Crippen LogP contribution is 2.27. The molecule has 0 aliphatic heterocycles. The number of ether oxygens (including phenoxy) is 1. The molecule has 2 aromatic heterocycles. The Kier molecular flexibility index (Phi) is 7.07. The topological polar surface area (TPSA) is 117 Å². The van der Waals surface area contributed by atoms with Crippen LogP contribution in [0.15, 0.2) is 89.9 Å². The van der Waals surface area contributed by atoms with E-state index in [2.05, 4.69) is 10.3 Å². The lowest BCUT2D eigenvalue weighted by atomic mass is 10.1. The molecule has 0 radical (unpaired) electrons. The molecule has 0 saturated heterocycles. The second kappa shape index (κ2) is 10.8. The Bertz CT molecular complexity index is 1710. The average molecular weight is 521 g/mol. The minimum atomic E-state index is -0.479. The van der Waals surface area contributed by atoms with Gasteiger partial charge >= 0.3 is 0 Å². The number of hydrogen-bond acceptors (Lipinski definition) is 6. The van der Waals surface area contributed by atoms with Crippen molar-refractivity contribution in [3.8, 4) is 28.2 Å². The maximum Gasteiger partial charge on any atom is 0.284 e. The van der Waals surface area contributed by atoms with Gasteiger partial charge in [0, 0.05) is 31.0 Å². The van der Waals surface area contributed by atoms with Gasteiger partial charge in [-0.2, -0.15) is 0 Å². The van der Waals surface area contributed by atoms with Gasteiger partial charge in [0.25, 0.3) is 11.5 Å². The zero-order chi connectivity index (χ0) is 27.5. The molecule has 0 unspecified atom stereocenters. The molecular weight excluding hydrogens is 492 g/mol. The predicted octanol–water partition coefficient (Wildman–Crippen LogP) is 4.59. The summed E-state index contributed by atoms with van der Waals surface area (Å²) in [5, 5.41) is 2.84. The number of anilines is 2. The predicted molar refractivity (Wildman–Crippen MR) is 152 cm³/mol. The molecule has 0 aliphatic rings. The monoisotopic (exact) mass is 520 g/mol. The third-order valence-corrected chi connectivity index (χ3v) is 6.53. The lowest BCUT2D eigenvalue weighted by Crippen LogP contribution is -2.25. The van der Waals surface area contributed by atoms with Crippen LogP contribution in [-0.2, 0) is 18.4 Å². The van der Waals surface area contributed by atoms with E-state index in [9.17, 15) is 9.59 Å². The summed E-state index contributed by atoms with van der Waals surface area (Å²) >= 11 is 0. The molecule has 9 heteroatoms. The van der Waals surface area contributed by atoms with Crippen molar-refractivity contribution in [3.63, 3.8) is 0 Å². The van der Waals surface area contributed by atoms with Crippen molar-refractivity contribution in [1.82, 2.24) is 19.3 Å². The van der Waals surface area contributed by atoms with Gasteiger partial charge in [-0.05, 0) is 42.8 Å². The van der Waals surface area contributed by atoms with E-state index in [0.29, 0.717) is 40.9 Å². The number of carbonyl (C=O) groups excluding carboxylic acids is 1. The van der Waals surface area contributed by atoms with E-state index in [1.165, 1.54) is 4.68 Å². The molecule has 2 heterocycles. The summed E-state index contributed by atoms with van der Waals surface area (Å²) in [6, 6.07) is 24.2. The molecule has 5 rings (SSSR count). The number of nitrogens with two attached hydrogens (primary N) is 1. The fourth-order valence-electron chi connectivity index (χ4n) is 4.47. The highest BCUT2D eigenvalue weighted by Gasteiger charge is 2.22. The van der Waals surface area contributed by atoms with Gasteiger partial charge in [0.15, 0.2) is 0 Å². The Balaban J connectivity index is 1.39. The SMILES string of the molecule is COCc1cccc(-c2cnc(N)c(-c3ccc(NC(=O)c4c(C)n(C)n(-c5ccccc5)c4=O)cc3)n2)c1. The van der Waals surface area contributed by atoms with Gasteiger partial charge in [-0.25, -0.2) is 14.6 Å². The van der Waals surface area contributed by atoms with E-state index in [4.69, 9.17) is 15.5 Å². The van der Waals surface area contributed by atoms with E-state index >= 15 is 0 Å². The second-order valence-corrected chi connectivity index (χ2v) is 9.09. The Labute approximate surface area is 225 Å². The fraction of sp³-hybridized carbons (Fsp3) is 0.133. The molecule has 0 bridgehead atoms. The first-order chi connectivity index (χ1) is 18.9. The van der Waals surface area contributed by atoms with Crippen molar-refractivity contribution >= 4 is 17.4 Å². The smallest absolute Gasteiger partial charge is 0.284 e. The van der Waals surface area contributed by atoms with Crippen LogP contribution in [-0.4, -0.2) is 32.3 Å². The maximum atomic E-state index is 13.2. The van der Waals surface area contributed by atoms with Gasteiger partial charge in [0.2, 0.25) is 0 Å². The number of amides is 1. The summed E-state index contributed by atoms with van der Waals surface area (Å²) < 4.78 is 8.39. The Morgan fingerprint density at radius 1 is 1.00 bits per heavy atom. The lowest BCUT2D eigenvalue weighted by molar-refractivity contribution is 0.102. The second-order valence-electron chi connectivity index (χ2n) is 9.09. The first kappa shape index (κ1) is 25.6. The van der Waals surface area contributed by atoms with Crippen LogP contribution in [0.25, 0.3) is 28.2 Å². The van der Waals surface area contributed by atoms with E-state index in [0.717, 1.165) is 16.7 Å². The minimum absolute atomic E-state index is 0.0870. The van der Waals surface area contributed by atoms with Crippen LogP contribution in [0.3, 0.4) is 0 Å². The number of nitrogen functional groups attached to an aromatic ring is 1. The first-order valence-electron chi connectivity index (χ1n) is 12.3. The Morgan fingerprint density at radius 2 is 1.74 bits per heavy atom. The first-order valence-corrected chi connectivity index (χ1v) is 12.3. The normalized spacial score (nSPS) is 10.9. The number of benzene rings is 3. The zero-order valence-corrected chi connectivity index (χ0v) is 21.9. The Morgan fingerprint density at radius 3 is 2.46 bits per heavy atom. The van der Waals surface area contributed by atoms with Crippen LogP contribution < -0.4 is 16.6 Å². The molecule has 0 aliphatic carbocycles. The number of carbonyl (C=O) groups is 1. The van der Waals surface area contributed by atoms with Crippen LogP contribution in [0.4, 0.5) is 11.5 Å². The number of rotatable bonds is 7. The molecule has 39 heavy (non-hydrogen) atoms. The summed E-state index contributed by atoms with van der Waals surface area (Å²) in [6.07, 6.45) is 1.64. The van der Waals surface area contributed by atoms with Crippen LogP contribution in [0, 0.1) is 6.92 Å². The van der Waals surface area contributed by atoms with Gasteiger partial charge < -0.3 is 15.8 Å². The molecule has 0 atom stereocenters. The van der Waals surface area contributed by atoms with Gasteiger partial charge in [-0.1, -0.05) is 48.5 Å². The summed E-state index contributed by atoms with van der Waals surface area (Å²) in [6.45, 7) is 2.25. The van der Waals surface area contributed by atoms with Crippen molar-refractivity contribution < 1.29 is 9.53 Å². The molecule has 9 nitrogen and oxygen atoms in total. The number of hydrogen-bond donors (Lipinski definition) is 2. The molecular formula is C30H28N6O3. The van der Waals surface area contributed by atoms with Crippen LogP contribution >= 0.6 is 0 Å². The molecule has 3 N–H and O–H groups in total. The minimum Gasteiger partial charge on any atom is -0.382 e. The summed E-state index contributed by atoms with van der Waals surface area (Å²) in [4.78, 5) is 35.4. The average Bonchev–Trinajstić information content (AvgIpc) is 3.17. The third-order valence-electron chi connectivity index (χ3n) is 6.53. The lowest BCUT2D eigenvalue weighted by Gasteiger charge is -2.10. The van der Waals surface area contributed by atoms with Gasteiger partial charge in [-0.3, -0.25) is 14.3 Å². The van der Waals surface area contributed by atoms with Crippen LogP contribution in [0.5, 0.6) is 0 Å². The van der Waals surface area contributed by atoms with E-state index in [1.807, 2.05) is 54.6 Å². The van der Waals surface area contributed by atoms with Crippen LogP contribution in [0.1, 0.15) is 21.6 Å². The van der Waals surface area contributed by atoms with Crippen molar-refractivity contribution in [2.45, 2.75) is 13.5 Å². The molecule has 0 fully saturated rings. The van der Waals surface area contributed by atoms with Crippen molar-refractivity contribution in [3.05, 3.63) is 112 Å². The van der Waals surface area contributed by atoms with E-state index in [-0.39, 0.29) is 11.1 Å². The fourth-order valence-corrected chi connectivity index (χ4v) is 4.47.